The molecule has 39 heavy (non-hydrogen) atoms. The van der Waals surface area contributed by atoms with Gasteiger partial charge in [-0.05, 0) is 36.2 Å². The third-order valence-electron chi connectivity index (χ3n) is 7.41. The van der Waals surface area contributed by atoms with E-state index in [1.807, 2.05) is 0 Å². The molecule has 0 bridgehead atoms. The van der Waals surface area contributed by atoms with Crippen LogP contribution in [0.1, 0.15) is 29.7 Å². The van der Waals surface area contributed by atoms with Crippen LogP contribution in [-0.4, -0.2) is 58.3 Å². The van der Waals surface area contributed by atoms with Crippen LogP contribution in [0.5, 0.6) is 0 Å². The number of hydrogen-bond acceptors (Lipinski definition) is 5. The van der Waals surface area contributed by atoms with Crippen molar-refractivity contribution in [3.8, 4) is 0 Å². The van der Waals surface area contributed by atoms with Crippen molar-refractivity contribution < 1.29 is 36.3 Å². The maximum atomic E-state index is 12.1. The van der Waals surface area contributed by atoms with Crippen LogP contribution in [0, 0.1) is 0 Å². The lowest BCUT2D eigenvalue weighted by molar-refractivity contribution is -1.16. The lowest BCUT2D eigenvalue weighted by Gasteiger charge is -2.24. The number of nitrogens with zero attached hydrogens (tertiary/aromatic N) is 3. The Balaban J connectivity index is 0.968. The second kappa shape index (κ2) is 11.9. The highest BCUT2D eigenvalue weighted by atomic mass is 32.2. The molecule has 4 heterocycles. The molecule has 206 valence electrons. The standard InChI is InChI=1S/C28H35N5O5S/c29-39(35,36)26-9-7-23(8-10-26)11-13-30-27(34)12-17-37-19-20-38-18-16-33-21-24-5-1-3-14-31(24)28(33)32-15-4-2-6-25(32)22-33/h1-10,14-15,28H,11-13,16-22H2,(H2-,29,30,34,35,36)/q+2/p+1. The fourth-order valence-corrected chi connectivity index (χ4v) is 6.03. The number of nitrogens with two attached hydrogens (primary N) is 1. The summed E-state index contributed by atoms with van der Waals surface area (Å²) in [7, 11) is -3.70. The van der Waals surface area contributed by atoms with Gasteiger partial charge in [-0.3, -0.25) is 4.79 Å². The molecule has 2 aromatic heterocycles. The van der Waals surface area contributed by atoms with Crippen LogP contribution in [0.25, 0.3) is 0 Å². The smallest absolute Gasteiger partial charge is 0.379 e. The summed E-state index contributed by atoms with van der Waals surface area (Å²) in [6.45, 7) is 5.22. The van der Waals surface area contributed by atoms with Crippen LogP contribution >= 0.6 is 0 Å². The van der Waals surface area contributed by atoms with E-state index in [0.29, 0.717) is 39.4 Å². The van der Waals surface area contributed by atoms with Crippen molar-refractivity contribution in [3.63, 3.8) is 0 Å². The lowest BCUT2D eigenvalue weighted by atomic mass is 10.1. The molecule has 5 rings (SSSR count). The van der Waals surface area contributed by atoms with Crippen molar-refractivity contribution in [2.75, 3.05) is 39.5 Å². The van der Waals surface area contributed by atoms with Crippen LogP contribution in [0.15, 0.2) is 78.0 Å². The maximum absolute atomic E-state index is 12.1. The number of sulfonamides is 1. The van der Waals surface area contributed by atoms with E-state index in [0.717, 1.165) is 29.7 Å². The molecule has 0 unspecified atom stereocenters. The van der Waals surface area contributed by atoms with Crippen LogP contribution in [0.2, 0.25) is 0 Å². The van der Waals surface area contributed by atoms with Gasteiger partial charge in [0.25, 0.3) is 0 Å². The Kier molecular flexibility index (Phi) is 8.34. The van der Waals surface area contributed by atoms with Crippen molar-refractivity contribution in [1.29, 1.82) is 0 Å². The second-order valence-electron chi connectivity index (χ2n) is 10.1. The molecule has 11 heteroatoms. The summed E-state index contributed by atoms with van der Waals surface area (Å²) in [5.41, 5.74) is 3.60. The zero-order chi connectivity index (χ0) is 27.3. The lowest BCUT2D eigenvalue weighted by Crippen LogP contribution is -2.62. The summed E-state index contributed by atoms with van der Waals surface area (Å²) in [6, 6.07) is 19.1. The summed E-state index contributed by atoms with van der Waals surface area (Å²) in [6.07, 6.45) is 5.44. The molecular weight excluding hydrogens is 518 g/mol. The summed E-state index contributed by atoms with van der Waals surface area (Å²) >= 11 is 0. The van der Waals surface area contributed by atoms with E-state index >= 15 is 0 Å². The minimum absolute atomic E-state index is 0.0746. The molecule has 0 saturated heterocycles. The first-order valence-electron chi connectivity index (χ1n) is 13.2. The normalized spacial score (nSPS) is 19.4. The summed E-state index contributed by atoms with van der Waals surface area (Å²) in [5, 5.41) is 7.96. The number of aromatic nitrogens is 2. The van der Waals surface area contributed by atoms with Crippen LogP contribution < -0.4 is 19.6 Å². The van der Waals surface area contributed by atoms with Gasteiger partial charge in [-0.25, -0.2) is 13.6 Å². The number of quaternary nitrogens is 1. The molecule has 1 amide bonds. The number of carbonyl (C=O) groups is 1. The van der Waals surface area contributed by atoms with Gasteiger partial charge in [-0.2, -0.15) is 4.48 Å². The molecule has 0 spiro atoms. The molecule has 3 aromatic rings. The van der Waals surface area contributed by atoms with Crippen molar-refractivity contribution in [2.24, 2.45) is 5.14 Å². The van der Waals surface area contributed by atoms with Crippen LogP contribution in [-0.2, 0) is 43.8 Å². The minimum Gasteiger partial charge on any atom is -0.379 e. The first kappa shape index (κ1) is 27.4. The molecular formula is C28H36N5O5S+3. The van der Waals surface area contributed by atoms with E-state index in [1.165, 1.54) is 23.5 Å². The van der Waals surface area contributed by atoms with Crippen LogP contribution in [0.3, 0.4) is 0 Å². The van der Waals surface area contributed by atoms with E-state index in [1.54, 1.807) is 12.1 Å². The SMILES string of the molecule is NS(=O)(=O)c1ccc(CCNC(=O)CCOCCOCC[N+]23Cc4cccc[n+]4C2[n+]2ccccc2C3)cc1. The molecule has 1 aromatic carbocycles. The van der Waals surface area contributed by atoms with Gasteiger partial charge < -0.3 is 14.8 Å². The maximum Gasteiger partial charge on any atom is 0.484 e. The average molecular weight is 555 g/mol. The Morgan fingerprint density at radius 1 is 0.897 bits per heavy atom. The number of ether oxygens (including phenoxy) is 2. The number of pyridine rings is 2. The second-order valence-corrected chi connectivity index (χ2v) is 11.6. The van der Waals surface area contributed by atoms with Gasteiger partial charge in [-0.1, -0.05) is 21.3 Å². The predicted octanol–water partition coefficient (Wildman–Crippen LogP) is 0.540. The fraction of sp³-hybridized carbons (Fsp3) is 0.393. The number of hydrogen-bond donors (Lipinski definition) is 2. The Morgan fingerprint density at radius 3 is 2.13 bits per heavy atom. The first-order valence-corrected chi connectivity index (χ1v) is 14.8. The summed E-state index contributed by atoms with van der Waals surface area (Å²) < 4.78 is 39.9. The van der Waals surface area contributed by atoms with Crippen molar-refractivity contribution in [2.45, 2.75) is 37.1 Å². The topological polar surface area (TPSA) is 115 Å². The Bertz CT molecular complexity index is 1360. The number of nitrogens with one attached hydrogen (secondary N) is 1. The van der Waals surface area contributed by atoms with Crippen molar-refractivity contribution in [1.82, 2.24) is 5.32 Å². The number of rotatable bonds is 13. The largest absolute Gasteiger partial charge is 0.484 e. The number of fused-ring (bicyclic) bond motifs is 5. The van der Waals surface area contributed by atoms with Gasteiger partial charge in [0.15, 0.2) is 25.5 Å². The molecule has 0 saturated carbocycles. The average Bonchev–Trinajstić information content (AvgIpc) is 3.40. The van der Waals surface area contributed by atoms with E-state index in [2.05, 4.69) is 63.2 Å². The third-order valence-corrected chi connectivity index (χ3v) is 8.34. The summed E-state index contributed by atoms with van der Waals surface area (Å²) in [4.78, 5) is 12.1. The molecule has 10 nitrogen and oxygen atoms in total. The Hall–Kier alpha value is -3.22. The summed E-state index contributed by atoms with van der Waals surface area (Å²) in [5.74, 6) is -0.0869. The predicted molar refractivity (Wildman–Crippen MR) is 141 cm³/mol. The van der Waals surface area contributed by atoms with Gasteiger partial charge in [0, 0.05) is 37.2 Å². The highest BCUT2D eigenvalue weighted by Gasteiger charge is 2.64. The van der Waals surface area contributed by atoms with Gasteiger partial charge in [0.1, 0.15) is 6.54 Å². The zero-order valence-corrected chi connectivity index (χ0v) is 22.8. The van der Waals surface area contributed by atoms with Crippen molar-refractivity contribution >= 4 is 15.9 Å². The van der Waals surface area contributed by atoms with Crippen LogP contribution in [0.4, 0.5) is 0 Å². The molecule has 3 N–H and O–H groups in total. The van der Waals surface area contributed by atoms with E-state index < -0.39 is 10.0 Å². The van der Waals surface area contributed by atoms with Gasteiger partial charge in [0.2, 0.25) is 27.3 Å². The number of primary sulfonamides is 1. The number of benzene rings is 1. The van der Waals surface area contributed by atoms with E-state index in [-0.39, 0.29) is 23.5 Å². The molecule has 2 aliphatic rings. The van der Waals surface area contributed by atoms with Gasteiger partial charge in [-0.15, -0.1) is 0 Å². The molecule has 0 atom stereocenters. The van der Waals surface area contributed by atoms with E-state index in [9.17, 15) is 13.2 Å². The minimum atomic E-state index is -3.70. The molecule has 0 fully saturated rings. The van der Waals surface area contributed by atoms with Gasteiger partial charge in [0.05, 0.1) is 31.3 Å². The highest BCUT2D eigenvalue weighted by molar-refractivity contribution is 7.89. The Labute approximate surface area is 229 Å². The number of amides is 1. The zero-order valence-electron chi connectivity index (χ0n) is 21.9. The Morgan fingerprint density at radius 2 is 1.51 bits per heavy atom. The third kappa shape index (κ3) is 6.34. The van der Waals surface area contributed by atoms with Gasteiger partial charge >= 0.3 is 6.29 Å². The molecule has 0 aliphatic carbocycles. The van der Waals surface area contributed by atoms with E-state index in [4.69, 9.17) is 14.6 Å². The fourth-order valence-electron chi connectivity index (χ4n) is 5.51. The molecule has 2 aliphatic heterocycles. The first-order chi connectivity index (χ1) is 18.9. The molecule has 0 radical (unpaired) electrons. The highest BCUT2D eigenvalue weighted by Crippen LogP contribution is 2.33. The quantitative estimate of drug-likeness (QED) is 0.182. The van der Waals surface area contributed by atoms with Crippen molar-refractivity contribution in [3.05, 3.63) is 90.0 Å². The number of carbonyl (C=O) groups excluding carboxylic acids is 1. The monoisotopic (exact) mass is 554 g/mol.